The minimum absolute atomic E-state index is 0.286. The molecule has 0 aliphatic heterocycles. The second-order valence-electron chi connectivity index (χ2n) is 4.60. The number of hydrogen-bond donors (Lipinski definition) is 1. The fraction of sp³-hybridized carbons (Fsp3) is 0.0714. The van der Waals surface area contributed by atoms with Gasteiger partial charge in [0.05, 0.1) is 34.8 Å². The molecule has 1 aromatic carbocycles. The summed E-state index contributed by atoms with van der Waals surface area (Å²) in [6.45, 7) is 0. The zero-order chi connectivity index (χ0) is 17.2. The van der Waals surface area contributed by atoms with Gasteiger partial charge in [-0.1, -0.05) is 0 Å². The topological polar surface area (TPSA) is 64.9 Å². The predicted molar refractivity (Wildman–Crippen MR) is 89.1 cm³/mol. The lowest BCUT2D eigenvalue weighted by molar-refractivity contribution is -0.274. The van der Waals surface area contributed by atoms with Crippen LogP contribution in [0, 0.1) is 0 Å². The first-order valence-electron chi connectivity index (χ1n) is 6.55. The Kier molecular flexibility index (Phi) is 4.55. The summed E-state index contributed by atoms with van der Waals surface area (Å²) in [4.78, 5) is 8.25. The number of aromatic nitrogens is 4. The zero-order valence-corrected chi connectivity index (χ0v) is 14.0. The molecule has 0 aliphatic carbocycles. The van der Waals surface area contributed by atoms with Gasteiger partial charge in [0.1, 0.15) is 17.9 Å². The molecule has 0 amide bonds. The number of nitrogens with zero attached hydrogens (tertiary/aromatic N) is 4. The first kappa shape index (κ1) is 16.5. The minimum atomic E-state index is -4.71. The van der Waals surface area contributed by atoms with Gasteiger partial charge in [0.15, 0.2) is 0 Å². The second kappa shape index (κ2) is 6.63. The molecule has 0 saturated carbocycles. The van der Waals surface area contributed by atoms with E-state index in [-0.39, 0.29) is 5.75 Å². The largest absolute Gasteiger partial charge is 0.573 e. The maximum Gasteiger partial charge on any atom is 0.573 e. The highest BCUT2D eigenvalue weighted by Crippen LogP contribution is 2.25. The van der Waals surface area contributed by atoms with Crippen molar-refractivity contribution >= 4 is 34.4 Å². The first-order chi connectivity index (χ1) is 11.4. The van der Waals surface area contributed by atoms with E-state index in [1.807, 2.05) is 22.9 Å². The molecule has 0 aliphatic rings. The van der Waals surface area contributed by atoms with E-state index in [1.54, 1.807) is 21.4 Å². The quantitative estimate of drug-likeness (QED) is 0.609. The maximum absolute atomic E-state index is 12.1. The first-order valence-corrected chi connectivity index (χ1v) is 7.52. The standard InChI is InChI=1S/C14H9F3IN5O/c15-14(16,17)24-11-3-1-10(2-4-11)22-13-5-12(19-8-20-13)9-6-21-23(18)7-9/h1-8H,(H,19,20,22). The van der Waals surface area contributed by atoms with Crippen molar-refractivity contribution in [3.8, 4) is 17.0 Å². The Morgan fingerprint density at radius 1 is 1.12 bits per heavy atom. The van der Waals surface area contributed by atoms with Gasteiger partial charge in [0.25, 0.3) is 0 Å². The number of benzene rings is 1. The molecule has 124 valence electrons. The summed E-state index contributed by atoms with van der Waals surface area (Å²) >= 11 is 2.02. The Labute approximate surface area is 148 Å². The van der Waals surface area contributed by atoms with E-state index >= 15 is 0 Å². The number of hydrogen-bond acceptors (Lipinski definition) is 5. The third-order valence-electron chi connectivity index (χ3n) is 2.88. The molecular formula is C14H9F3IN5O. The molecule has 2 heterocycles. The monoisotopic (exact) mass is 447 g/mol. The number of anilines is 2. The zero-order valence-electron chi connectivity index (χ0n) is 11.8. The molecule has 0 radical (unpaired) electrons. The maximum atomic E-state index is 12.1. The van der Waals surface area contributed by atoms with Crippen LogP contribution < -0.4 is 10.1 Å². The van der Waals surface area contributed by atoms with Gasteiger partial charge in [-0.2, -0.15) is 5.10 Å². The molecule has 0 bridgehead atoms. The van der Waals surface area contributed by atoms with E-state index in [2.05, 4.69) is 25.1 Å². The highest BCUT2D eigenvalue weighted by Gasteiger charge is 2.30. The summed E-state index contributed by atoms with van der Waals surface area (Å²) in [6.07, 6.45) is 0.153. The lowest BCUT2D eigenvalue weighted by Gasteiger charge is -2.10. The van der Waals surface area contributed by atoms with Crippen molar-refractivity contribution in [3.05, 3.63) is 49.1 Å². The van der Waals surface area contributed by atoms with E-state index < -0.39 is 6.36 Å². The van der Waals surface area contributed by atoms with Gasteiger partial charge in [0, 0.05) is 23.5 Å². The molecule has 3 aromatic rings. The van der Waals surface area contributed by atoms with Crippen LogP contribution in [0.4, 0.5) is 24.7 Å². The summed E-state index contributed by atoms with van der Waals surface area (Å²) in [5, 5.41) is 7.06. The smallest absolute Gasteiger partial charge is 0.406 e. The summed E-state index contributed by atoms with van der Waals surface area (Å²) in [5.41, 5.74) is 2.06. The van der Waals surface area contributed by atoms with Crippen LogP contribution in [0.15, 0.2) is 49.1 Å². The molecule has 3 rings (SSSR count). The SMILES string of the molecule is FC(F)(F)Oc1ccc(Nc2cc(-c3cnn(I)c3)ncn2)cc1. The van der Waals surface area contributed by atoms with Crippen molar-refractivity contribution in [2.45, 2.75) is 6.36 Å². The number of ether oxygens (including phenoxy) is 1. The van der Waals surface area contributed by atoms with Crippen LogP contribution in [-0.4, -0.2) is 24.3 Å². The predicted octanol–water partition coefficient (Wildman–Crippen LogP) is 4.18. The molecule has 0 fully saturated rings. The molecule has 10 heteroatoms. The Balaban J connectivity index is 1.74. The van der Waals surface area contributed by atoms with Gasteiger partial charge in [0.2, 0.25) is 0 Å². The number of alkyl halides is 3. The Bertz CT molecular complexity index is 835. The van der Waals surface area contributed by atoms with Crippen LogP contribution in [0.3, 0.4) is 0 Å². The Morgan fingerprint density at radius 2 is 1.88 bits per heavy atom. The van der Waals surface area contributed by atoms with Gasteiger partial charge in [-0.25, -0.2) is 12.9 Å². The van der Waals surface area contributed by atoms with Crippen molar-refractivity contribution < 1.29 is 17.9 Å². The van der Waals surface area contributed by atoms with Crippen molar-refractivity contribution in [1.29, 1.82) is 0 Å². The molecule has 0 spiro atoms. The molecule has 6 nitrogen and oxygen atoms in total. The molecule has 24 heavy (non-hydrogen) atoms. The highest BCUT2D eigenvalue weighted by atomic mass is 127. The van der Waals surface area contributed by atoms with Crippen molar-refractivity contribution in [2.75, 3.05) is 5.32 Å². The average Bonchev–Trinajstić information content (AvgIpc) is 2.95. The van der Waals surface area contributed by atoms with E-state index in [4.69, 9.17) is 0 Å². The number of halogens is 4. The Morgan fingerprint density at radius 3 is 2.50 bits per heavy atom. The molecular weight excluding hydrogens is 438 g/mol. The third kappa shape index (κ3) is 4.34. The molecule has 0 saturated heterocycles. The Hall–Kier alpha value is -2.37. The van der Waals surface area contributed by atoms with E-state index in [0.29, 0.717) is 17.2 Å². The summed E-state index contributed by atoms with van der Waals surface area (Å²) in [6, 6.07) is 7.08. The molecule has 1 N–H and O–H groups in total. The van der Waals surface area contributed by atoms with E-state index in [1.165, 1.54) is 30.6 Å². The van der Waals surface area contributed by atoms with Gasteiger partial charge in [-0.15, -0.1) is 13.2 Å². The van der Waals surface area contributed by atoms with Gasteiger partial charge in [-0.05, 0) is 24.3 Å². The average molecular weight is 447 g/mol. The van der Waals surface area contributed by atoms with Gasteiger partial charge >= 0.3 is 6.36 Å². The fourth-order valence-corrected chi connectivity index (χ4v) is 2.33. The number of rotatable bonds is 4. The summed E-state index contributed by atoms with van der Waals surface area (Å²) in [5.74, 6) is 0.219. The lowest BCUT2D eigenvalue weighted by Crippen LogP contribution is -2.16. The van der Waals surface area contributed by atoms with Crippen LogP contribution in [0.5, 0.6) is 5.75 Å². The van der Waals surface area contributed by atoms with Crippen molar-refractivity contribution in [3.63, 3.8) is 0 Å². The molecule has 2 aromatic heterocycles. The van der Waals surface area contributed by atoms with Crippen LogP contribution in [0.25, 0.3) is 11.3 Å². The van der Waals surface area contributed by atoms with E-state index in [0.717, 1.165) is 5.56 Å². The molecule has 0 unspecified atom stereocenters. The molecule has 0 atom stereocenters. The van der Waals surface area contributed by atoms with Crippen molar-refractivity contribution in [1.82, 2.24) is 18.0 Å². The second-order valence-corrected chi connectivity index (χ2v) is 5.59. The summed E-state index contributed by atoms with van der Waals surface area (Å²) < 4.78 is 41.9. The summed E-state index contributed by atoms with van der Waals surface area (Å²) in [7, 11) is 0. The van der Waals surface area contributed by atoms with Crippen molar-refractivity contribution in [2.24, 2.45) is 0 Å². The van der Waals surface area contributed by atoms with Crippen LogP contribution in [0.2, 0.25) is 0 Å². The lowest BCUT2D eigenvalue weighted by atomic mass is 10.2. The fourth-order valence-electron chi connectivity index (χ4n) is 1.90. The third-order valence-corrected chi connectivity index (χ3v) is 3.40. The van der Waals surface area contributed by atoms with Crippen LogP contribution >= 0.6 is 22.9 Å². The van der Waals surface area contributed by atoms with Crippen LogP contribution in [-0.2, 0) is 0 Å². The van der Waals surface area contributed by atoms with Gasteiger partial charge < -0.3 is 10.1 Å². The normalized spacial score (nSPS) is 11.3. The highest BCUT2D eigenvalue weighted by molar-refractivity contribution is 14.1. The minimum Gasteiger partial charge on any atom is -0.406 e. The van der Waals surface area contributed by atoms with Crippen LogP contribution in [0.1, 0.15) is 0 Å². The van der Waals surface area contributed by atoms with E-state index in [9.17, 15) is 13.2 Å². The number of nitrogens with one attached hydrogen (secondary N) is 1. The van der Waals surface area contributed by atoms with Gasteiger partial charge in [-0.3, -0.25) is 0 Å².